The number of amides is 1. The van der Waals surface area contributed by atoms with Crippen LogP contribution in [0, 0.1) is 5.92 Å². The quantitative estimate of drug-likeness (QED) is 0.893. The molecule has 0 aliphatic carbocycles. The number of hydrogen-bond acceptors (Lipinski definition) is 5. The molecule has 21 heavy (non-hydrogen) atoms. The number of rotatable bonds is 5. The molecule has 0 spiro atoms. The topological polar surface area (TPSA) is 67.3 Å². The third-order valence-electron chi connectivity index (χ3n) is 3.53. The van der Waals surface area contributed by atoms with Crippen molar-refractivity contribution >= 4 is 11.7 Å². The van der Waals surface area contributed by atoms with Crippen LogP contribution in [-0.4, -0.2) is 41.8 Å². The molecule has 1 aromatic rings. The number of nitrogens with zero attached hydrogens (tertiary/aromatic N) is 3. The summed E-state index contributed by atoms with van der Waals surface area (Å²) in [6.45, 7) is 8.04. The minimum atomic E-state index is 0.0191. The summed E-state index contributed by atoms with van der Waals surface area (Å²) in [6.07, 6.45) is 2.05. The van der Waals surface area contributed by atoms with E-state index >= 15 is 0 Å². The molecule has 116 valence electrons. The van der Waals surface area contributed by atoms with E-state index in [-0.39, 0.29) is 17.9 Å². The van der Waals surface area contributed by atoms with Gasteiger partial charge in [-0.1, -0.05) is 13.8 Å². The summed E-state index contributed by atoms with van der Waals surface area (Å²) < 4.78 is 5.30. The van der Waals surface area contributed by atoms with Gasteiger partial charge in [-0.25, -0.2) is 0 Å². The molecule has 1 fully saturated rings. The minimum Gasteiger partial charge on any atom is -0.477 e. The zero-order valence-corrected chi connectivity index (χ0v) is 13.0. The highest BCUT2D eigenvalue weighted by Crippen LogP contribution is 2.19. The van der Waals surface area contributed by atoms with Crippen LogP contribution in [0.2, 0.25) is 0 Å². The molecule has 1 saturated heterocycles. The first-order valence-electron chi connectivity index (χ1n) is 7.62. The van der Waals surface area contributed by atoms with E-state index in [1.54, 1.807) is 0 Å². The number of ether oxygens (including phenoxy) is 1. The van der Waals surface area contributed by atoms with Crippen LogP contribution in [0.1, 0.15) is 33.6 Å². The Kier molecular flexibility index (Phi) is 5.36. The van der Waals surface area contributed by atoms with Crippen molar-refractivity contribution in [3.63, 3.8) is 0 Å². The van der Waals surface area contributed by atoms with Gasteiger partial charge < -0.3 is 15.0 Å². The third-order valence-corrected chi connectivity index (χ3v) is 3.53. The van der Waals surface area contributed by atoms with Crippen molar-refractivity contribution in [2.75, 3.05) is 24.6 Å². The highest BCUT2D eigenvalue weighted by atomic mass is 16.5. The van der Waals surface area contributed by atoms with Gasteiger partial charge in [0.15, 0.2) is 5.82 Å². The fraction of sp³-hybridized carbons (Fsp3) is 0.667. The predicted molar refractivity (Wildman–Crippen MR) is 81.4 cm³/mol. The van der Waals surface area contributed by atoms with E-state index in [1.807, 2.05) is 32.9 Å². The molecule has 0 radical (unpaired) electrons. The summed E-state index contributed by atoms with van der Waals surface area (Å²) >= 11 is 0. The molecule has 6 nitrogen and oxygen atoms in total. The Hall–Kier alpha value is -1.85. The van der Waals surface area contributed by atoms with Gasteiger partial charge in [-0.15, -0.1) is 10.2 Å². The largest absolute Gasteiger partial charge is 0.477 e. The summed E-state index contributed by atoms with van der Waals surface area (Å²) in [5, 5.41) is 11.4. The average molecular weight is 292 g/mol. The number of carbonyl (C=O) groups excluding carboxylic acids is 1. The molecule has 2 rings (SSSR count). The molecular weight excluding hydrogens is 268 g/mol. The maximum absolute atomic E-state index is 11.8. The Bertz CT molecular complexity index is 461. The highest BCUT2D eigenvalue weighted by molar-refractivity contribution is 5.78. The van der Waals surface area contributed by atoms with Crippen molar-refractivity contribution < 1.29 is 9.53 Å². The first-order chi connectivity index (χ1) is 10.1. The lowest BCUT2D eigenvalue weighted by molar-refractivity contribution is -0.124. The molecule has 0 saturated carbocycles. The molecule has 1 unspecified atom stereocenters. The van der Waals surface area contributed by atoms with Crippen molar-refractivity contribution in [2.45, 2.75) is 39.7 Å². The molecule has 1 atom stereocenters. The van der Waals surface area contributed by atoms with E-state index in [2.05, 4.69) is 20.4 Å². The molecule has 6 heteroatoms. The number of piperidine rings is 1. The maximum Gasteiger partial charge on any atom is 0.233 e. The van der Waals surface area contributed by atoms with E-state index in [0.717, 1.165) is 31.7 Å². The van der Waals surface area contributed by atoms with Crippen LogP contribution in [0.3, 0.4) is 0 Å². The summed E-state index contributed by atoms with van der Waals surface area (Å²) in [7, 11) is 0. The predicted octanol–water partition coefficient (Wildman–Crippen LogP) is 1.62. The molecule has 1 aliphatic heterocycles. The molecule has 1 N–H and O–H groups in total. The van der Waals surface area contributed by atoms with E-state index in [4.69, 9.17) is 4.74 Å². The van der Waals surface area contributed by atoms with Gasteiger partial charge in [-0.3, -0.25) is 4.79 Å². The monoisotopic (exact) mass is 292 g/mol. The summed E-state index contributed by atoms with van der Waals surface area (Å²) in [5.41, 5.74) is 0. The molecule has 1 aliphatic rings. The van der Waals surface area contributed by atoms with Gasteiger partial charge in [-0.2, -0.15) is 0 Å². The van der Waals surface area contributed by atoms with Gasteiger partial charge in [0.05, 0.1) is 6.61 Å². The fourth-order valence-corrected chi connectivity index (χ4v) is 2.38. The van der Waals surface area contributed by atoms with Gasteiger partial charge in [0.2, 0.25) is 11.8 Å². The van der Waals surface area contributed by atoms with Crippen LogP contribution in [0.25, 0.3) is 0 Å². The van der Waals surface area contributed by atoms with Gasteiger partial charge in [0.1, 0.15) is 0 Å². The Balaban J connectivity index is 1.95. The Labute approximate surface area is 125 Å². The van der Waals surface area contributed by atoms with Crippen LogP contribution in [-0.2, 0) is 4.79 Å². The molecule has 0 bridgehead atoms. The van der Waals surface area contributed by atoms with E-state index < -0.39 is 0 Å². The molecule has 1 amide bonds. The molecule has 1 aromatic heterocycles. The second-order valence-electron chi connectivity index (χ2n) is 5.61. The standard InChI is InChI=1S/C15H24N4O2/c1-4-21-14-8-7-13(17-18-14)19-9-5-6-12(10-19)16-15(20)11(2)3/h7-8,11-12H,4-6,9-10H2,1-3H3,(H,16,20). The zero-order chi connectivity index (χ0) is 15.2. The molecule has 0 aromatic carbocycles. The third kappa shape index (κ3) is 4.31. The van der Waals surface area contributed by atoms with Crippen LogP contribution >= 0.6 is 0 Å². The van der Waals surface area contributed by atoms with E-state index in [0.29, 0.717) is 12.5 Å². The van der Waals surface area contributed by atoms with Gasteiger partial charge in [0.25, 0.3) is 0 Å². The average Bonchev–Trinajstić information content (AvgIpc) is 2.48. The number of carbonyl (C=O) groups is 1. The Morgan fingerprint density at radius 2 is 2.29 bits per heavy atom. The number of anilines is 1. The SMILES string of the molecule is CCOc1ccc(N2CCCC(NC(=O)C(C)C)C2)nn1. The van der Waals surface area contributed by atoms with E-state index in [1.165, 1.54) is 0 Å². The van der Waals surface area contributed by atoms with Crippen LogP contribution in [0.4, 0.5) is 5.82 Å². The lowest BCUT2D eigenvalue weighted by atomic mass is 10.0. The van der Waals surface area contributed by atoms with Crippen LogP contribution in [0.15, 0.2) is 12.1 Å². The van der Waals surface area contributed by atoms with Crippen molar-refractivity contribution in [1.29, 1.82) is 0 Å². The van der Waals surface area contributed by atoms with Gasteiger partial charge in [-0.05, 0) is 25.8 Å². The Morgan fingerprint density at radius 3 is 2.90 bits per heavy atom. The summed E-state index contributed by atoms with van der Waals surface area (Å²) in [6, 6.07) is 3.94. The lowest BCUT2D eigenvalue weighted by Crippen LogP contribution is -2.49. The van der Waals surface area contributed by atoms with Crippen molar-refractivity contribution in [3.05, 3.63) is 12.1 Å². The zero-order valence-electron chi connectivity index (χ0n) is 13.0. The fourth-order valence-electron chi connectivity index (χ4n) is 2.38. The van der Waals surface area contributed by atoms with Gasteiger partial charge >= 0.3 is 0 Å². The summed E-state index contributed by atoms with van der Waals surface area (Å²) in [4.78, 5) is 14.0. The first-order valence-corrected chi connectivity index (χ1v) is 7.62. The van der Waals surface area contributed by atoms with Crippen molar-refractivity contribution in [2.24, 2.45) is 5.92 Å². The number of aromatic nitrogens is 2. The van der Waals surface area contributed by atoms with Crippen LogP contribution < -0.4 is 15.0 Å². The molecular formula is C15H24N4O2. The van der Waals surface area contributed by atoms with Crippen molar-refractivity contribution in [1.82, 2.24) is 15.5 Å². The molecule has 2 heterocycles. The number of nitrogens with one attached hydrogen (secondary N) is 1. The Morgan fingerprint density at radius 1 is 1.48 bits per heavy atom. The number of hydrogen-bond donors (Lipinski definition) is 1. The maximum atomic E-state index is 11.8. The lowest BCUT2D eigenvalue weighted by Gasteiger charge is -2.34. The smallest absolute Gasteiger partial charge is 0.233 e. The highest BCUT2D eigenvalue weighted by Gasteiger charge is 2.23. The van der Waals surface area contributed by atoms with Gasteiger partial charge in [0, 0.05) is 31.1 Å². The second-order valence-corrected chi connectivity index (χ2v) is 5.61. The second kappa shape index (κ2) is 7.24. The van der Waals surface area contributed by atoms with Crippen molar-refractivity contribution in [3.8, 4) is 5.88 Å². The first kappa shape index (κ1) is 15.5. The normalized spacial score (nSPS) is 18.7. The minimum absolute atomic E-state index is 0.0191. The van der Waals surface area contributed by atoms with E-state index in [9.17, 15) is 4.79 Å². The summed E-state index contributed by atoms with van der Waals surface area (Å²) in [5.74, 6) is 1.51. The van der Waals surface area contributed by atoms with Crippen LogP contribution in [0.5, 0.6) is 5.88 Å².